The van der Waals surface area contributed by atoms with Crippen LogP contribution in [0.3, 0.4) is 0 Å². The standard InChI is InChI=1S/C18H19NO5S/c1-12-11-13(23-2)7-8-17(12)25(21,22)19-10-9-15(20)14-5-4-6-16(24-3)18(14)19/h4-8,11H,9-10H2,1-3H3. The Morgan fingerprint density at radius 3 is 2.48 bits per heavy atom. The number of nitrogens with zero attached hydrogens (tertiary/aromatic N) is 1. The van der Waals surface area contributed by atoms with Gasteiger partial charge in [0.1, 0.15) is 17.2 Å². The van der Waals surface area contributed by atoms with E-state index in [1.807, 2.05) is 0 Å². The zero-order valence-corrected chi connectivity index (χ0v) is 15.1. The third-order valence-corrected chi connectivity index (χ3v) is 6.22. The van der Waals surface area contributed by atoms with Gasteiger partial charge in [-0.3, -0.25) is 9.10 Å². The van der Waals surface area contributed by atoms with Crippen LogP contribution in [0.25, 0.3) is 0 Å². The van der Waals surface area contributed by atoms with E-state index >= 15 is 0 Å². The average molecular weight is 361 g/mol. The molecule has 2 aromatic carbocycles. The van der Waals surface area contributed by atoms with Gasteiger partial charge in [0.25, 0.3) is 10.0 Å². The molecule has 2 aromatic rings. The summed E-state index contributed by atoms with van der Waals surface area (Å²) >= 11 is 0. The average Bonchev–Trinajstić information content (AvgIpc) is 2.61. The number of fused-ring (bicyclic) bond motifs is 1. The number of carbonyl (C=O) groups excluding carboxylic acids is 1. The molecule has 0 aromatic heterocycles. The first-order valence-corrected chi connectivity index (χ1v) is 9.21. The van der Waals surface area contributed by atoms with Crippen molar-refractivity contribution in [3.8, 4) is 11.5 Å². The summed E-state index contributed by atoms with van der Waals surface area (Å²) in [6, 6.07) is 9.77. The van der Waals surface area contributed by atoms with Crippen LogP contribution in [0.2, 0.25) is 0 Å². The fourth-order valence-corrected chi connectivity index (χ4v) is 4.72. The van der Waals surface area contributed by atoms with Gasteiger partial charge in [-0.05, 0) is 42.8 Å². The minimum Gasteiger partial charge on any atom is -0.497 e. The Balaban J connectivity index is 2.17. The molecule has 0 amide bonds. The summed E-state index contributed by atoms with van der Waals surface area (Å²) in [6.45, 7) is 1.80. The highest BCUT2D eigenvalue weighted by atomic mass is 32.2. The normalized spacial score (nSPS) is 14.2. The summed E-state index contributed by atoms with van der Waals surface area (Å²) in [5.41, 5.74) is 1.24. The van der Waals surface area contributed by atoms with Crippen LogP contribution in [0.5, 0.6) is 11.5 Å². The largest absolute Gasteiger partial charge is 0.497 e. The summed E-state index contributed by atoms with van der Waals surface area (Å²) in [6.07, 6.45) is 0.134. The predicted octanol–water partition coefficient (Wildman–Crippen LogP) is 2.79. The second-order valence-corrected chi connectivity index (χ2v) is 7.57. The molecule has 0 spiro atoms. The first-order chi connectivity index (χ1) is 11.9. The van der Waals surface area contributed by atoms with E-state index in [4.69, 9.17) is 9.47 Å². The van der Waals surface area contributed by atoms with Gasteiger partial charge in [0.05, 0.1) is 19.1 Å². The lowest BCUT2D eigenvalue weighted by atomic mass is 10.0. The van der Waals surface area contributed by atoms with Crippen LogP contribution >= 0.6 is 0 Å². The molecule has 0 aliphatic carbocycles. The van der Waals surface area contributed by atoms with Gasteiger partial charge in [-0.15, -0.1) is 0 Å². The van der Waals surface area contributed by atoms with Crippen LogP contribution in [-0.2, 0) is 10.0 Å². The third kappa shape index (κ3) is 2.84. The number of hydrogen-bond donors (Lipinski definition) is 0. The number of sulfonamides is 1. The lowest BCUT2D eigenvalue weighted by Gasteiger charge is -2.31. The molecule has 132 valence electrons. The molecule has 0 saturated carbocycles. The predicted molar refractivity (Wildman–Crippen MR) is 94.2 cm³/mol. The van der Waals surface area contributed by atoms with E-state index in [1.54, 1.807) is 37.3 Å². The molecular formula is C18H19NO5S. The number of anilines is 1. The van der Waals surface area contributed by atoms with Gasteiger partial charge < -0.3 is 9.47 Å². The van der Waals surface area contributed by atoms with Crippen molar-refractivity contribution in [3.63, 3.8) is 0 Å². The Bertz CT molecular complexity index is 936. The number of ketones is 1. The number of methoxy groups -OCH3 is 2. The molecule has 0 bridgehead atoms. The molecule has 3 rings (SSSR count). The molecule has 0 atom stereocenters. The summed E-state index contributed by atoms with van der Waals surface area (Å²) in [5, 5.41) is 0. The lowest BCUT2D eigenvalue weighted by molar-refractivity contribution is 0.0981. The van der Waals surface area contributed by atoms with Crippen LogP contribution in [-0.4, -0.2) is 35.0 Å². The molecule has 25 heavy (non-hydrogen) atoms. The molecule has 0 saturated heterocycles. The number of carbonyl (C=O) groups is 1. The number of ether oxygens (including phenoxy) is 2. The van der Waals surface area contributed by atoms with Gasteiger partial charge in [0.15, 0.2) is 5.78 Å². The molecule has 0 N–H and O–H groups in total. The van der Waals surface area contributed by atoms with Crippen molar-refractivity contribution in [2.75, 3.05) is 25.1 Å². The fourth-order valence-electron chi connectivity index (χ4n) is 3.02. The summed E-state index contributed by atoms with van der Waals surface area (Å²) in [7, 11) is -0.857. The summed E-state index contributed by atoms with van der Waals surface area (Å²) in [5.74, 6) is 0.857. The van der Waals surface area contributed by atoms with E-state index in [2.05, 4.69) is 0 Å². The van der Waals surface area contributed by atoms with Gasteiger partial charge in [0, 0.05) is 18.5 Å². The second kappa shape index (κ2) is 6.40. The Hall–Kier alpha value is -2.54. The number of hydrogen-bond acceptors (Lipinski definition) is 5. The minimum atomic E-state index is -3.84. The van der Waals surface area contributed by atoms with Crippen LogP contribution in [0, 0.1) is 6.92 Å². The van der Waals surface area contributed by atoms with E-state index in [1.165, 1.54) is 24.6 Å². The first-order valence-electron chi connectivity index (χ1n) is 7.77. The topological polar surface area (TPSA) is 72.9 Å². The number of rotatable bonds is 4. The molecule has 1 heterocycles. The quantitative estimate of drug-likeness (QED) is 0.837. The molecule has 0 unspecified atom stereocenters. The van der Waals surface area contributed by atoms with Crippen molar-refractivity contribution in [3.05, 3.63) is 47.5 Å². The SMILES string of the molecule is COc1ccc(S(=O)(=O)N2CCC(=O)c3cccc(OC)c32)c(C)c1. The van der Waals surface area contributed by atoms with Crippen LogP contribution in [0.15, 0.2) is 41.3 Å². The Morgan fingerprint density at radius 1 is 1.08 bits per heavy atom. The number of aryl methyl sites for hydroxylation is 1. The molecule has 1 aliphatic rings. The maximum atomic E-state index is 13.3. The maximum absolute atomic E-state index is 13.3. The van der Waals surface area contributed by atoms with E-state index in [9.17, 15) is 13.2 Å². The van der Waals surface area contributed by atoms with Crippen LogP contribution < -0.4 is 13.8 Å². The highest BCUT2D eigenvalue weighted by Gasteiger charge is 2.35. The fraction of sp³-hybridized carbons (Fsp3) is 0.278. The Labute approximate surface area is 147 Å². The number of Topliss-reactive ketones (excluding diaryl/α,β-unsaturated/α-hetero) is 1. The number of para-hydroxylation sites is 1. The van der Waals surface area contributed by atoms with E-state index < -0.39 is 10.0 Å². The lowest BCUT2D eigenvalue weighted by Crippen LogP contribution is -2.38. The Kier molecular flexibility index (Phi) is 4.43. The highest BCUT2D eigenvalue weighted by molar-refractivity contribution is 7.93. The van der Waals surface area contributed by atoms with Gasteiger partial charge in [0.2, 0.25) is 0 Å². The van der Waals surface area contributed by atoms with Gasteiger partial charge >= 0.3 is 0 Å². The highest BCUT2D eigenvalue weighted by Crippen LogP contribution is 2.39. The van der Waals surface area contributed by atoms with Crippen molar-refractivity contribution < 1.29 is 22.7 Å². The van der Waals surface area contributed by atoms with E-state index in [0.717, 1.165) is 0 Å². The summed E-state index contributed by atoms with van der Waals surface area (Å²) in [4.78, 5) is 12.4. The first kappa shape index (κ1) is 17.3. The van der Waals surface area contributed by atoms with Crippen molar-refractivity contribution in [2.24, 2.45) is 0 Å². The van der Waals surface area contributed by atoms with Gasteiger partial charge in [-0.2, -0.15) is 0 Å². The maximum Gasteiger partial charge on any atom is 0.264 e. The van der Waals surface area contributed by atoms with E-state index in [0.29, 0.717) is 28.3 Å². The third-order valence-electron chi connectivity index (χ3n) is 4.26. The molecule has 0 radical (unpaired) electrons. The van der Waals surface area contributed by atoms with Crippen molar-refractivity contribution >= 4 is 21.5 Å². The van der Waals surface area contributed by atoms with E-state index in [-0.39, 0.29) is 23.6 Å². The summed E-state index contributed by atoms with van der Waals surface area (Å²) < 4.78 is 38.2. The monoisotopic (exact) mass is 361 g/mol. The van der Waals surface area contributed by atoms with Crippen LogP contribution in [0.1, 0.15) is 22.3 Å². The smallest absolute Gasteiger partial charge is 0.264 e. The zero-order valence-electron chi connectivity index (χ0n) is 14.3. The van der Waals surface area contributed by atoms with Gasteiger partial charge in [-0.1, -0.05) is 6.07 Å². The Morgan fingerprint density at radius 2 is 1.84 bits per heavy atom. The molecule has 7 heteroatoms. The minimum absolute atomic E-state index is 0.0833. The zero-order chi connectivity index (χ0) is 18.2. The molecular weight excluding hydrogens is 342 g/mol. The molecule has 0 fully saturated rings. The second-order valence-electron chi connectivity index (χ2n) is 5.74. The van der Waals surface area contributed by atoms with Gasteiger partial charge in [-0.25, -0.2) is 8.42 Å². The number of benzene rings is 2. The van der Waals surface area contributed by atoms with Crippen molar-refractivity contribution in [1.29, 1.82) is 0 Å². The molecule has 1 aliphatic heterocycles. The van der Waals surface area contributed by atoms with Crippen LogP contribution in [0.4, 0.5) is 5.69 Å². The van der Waals surface area contributed by atoms with Crippen molar-refractivity contribution in [2.45, 2.75) is 18.2 Å². The molecule has 6 nitrogen and oxygen atoms in total. The van der Waals surface area contributed by atoms with Crippen molar-refractivity contribution in [1.82, 2.24) is 0 Å².